The van der Waals surface area contributed by atoms with Crippen molar-refractivity contribution in [2.75, 3.05) is 0 Å². The Balaban J connectivity index is 1.59. The first-order valence-corrected chi connectivity index (χ1v) is 7.90. The average Bonchev–Trinajstić information content (AvgIpc) is 3.23. The number of benzene rings is 1. The number of aromatic nitrogens is 6. The third-order valence-electron chi connectivity index (χ3n) is 4.26. The van der Waals surface area contributed by atoms with Gasteiger partial charge in [-0.15, -0.1) is 10.2 Å². The smallest absolute Gasteiger partial charge is 0.246 e. The number of fused-ring (bicyclic) bond motifs is 1. The summed E-state index contributed by atoms with van der Waals surface area (Å²) in [5, 5.41) is 12.5. The predicted molar refractivity (Wildman–Crippen MR) is 84.5 cm³/mol. The van der Waals surface area contributed by atoms with Crippen molar-refractivity contribution in [3.63, 3.8) is 0 Å². The molecule has 9 heteroatoms. The van der Waals surface area contributed by atoms with E-state index in [-0.39, 0.29) is 11.7 Å². The molecule has 1 aliphatic rings. The van der Waals surface area contributed by atoms with Gasteiger partial charge in [-0.1, -0.05) is 12.1 Å². The molecule has 0 unspecified atom stereocenters. The first-order valence-electron chi connectivity index (χ1n) is 7.90. The third-order valence-corrected chi connectivity index (χ3v) is 4.26. The molecular formula is C16H16FN7O. The van der Waals surface area contributed by atoms with E-state index in [1.807, 2.05) is 11.5 Å². The van der Waals surface area contributed by atoms with E-state index in [1.165, 1.54) is 18.5 Å². The summed E-state index contributed by atoms with van der Waals surface area (Å²) in [6.45, 7) is 2.89. The van der Waals surface area contributed by atoms with Crippen LogP contribution < -0.4 is 0 Å². The molecule has 0 aliphatic carbocycles. The van der Waals surface area contributed by atoms with Crippen molar-refractivity contribution in [2.45, 2.75) is 32.6 Å². The first-order chi connectivity index (χ1) is 12.1. The van der Waals surface area contributed by atoms with Crippen LogP contribution in [0.1, 0.15) is 30.2 Å². The number of rotatable bonds is 4. The molecule has 0 saturated carbocycles. The quantitative estimate of drug-likeness (QED) is 0.711. The van der Waals surface area contributed by atoms with Crippen molar-refractivity contribution >= 4 is 5.91 Å². The van der Waals surface area contributed by atoms with Crippen molar-refractivity contribution in [1.29, 1.82) is 0 Å². The zero-order valence-electron chi connectivity index (χ0n) is 13.6. The number of halogens is 1. The molecule has 2 aromatic heterocycles. The van der Waals surface area contributed by atoms with Crippen molar-refractivity contribution in [1.82, 2.24) is 34.4 Å². The maximum absolute atomic E-state index is 13.4. The highest BCUT2D eigenvalue weighted by Gasteiger charge is 2.33. The van der Waals surface area contributed by atoms with E-state index >= 15 is 0 Å². The molecule has 1 atom stereocenters. The fourth-order valence-electron chi connectivity index (χ4n) is 3.10. The standard InChI is InChI=1S/C16H16FN7O/c1-11-16(25)22(6-12-3-2-4-13(17)5-12)7-14-20-21-15(24(11)14)8-23-10-18-9-19-23/h2-5,9-11H,6-8H2,1H3/t11-/m0/s1. The first kappa shape index (κ1) is 15.4. The van der Waals surface area contributed by atoms with Crippen LogP contribution in [-0.4, -0.2) is 40.3 Å². The molecule has 8 nitrogen and oxygen atoms in total. The van der Waals surface area contributed by atoms with E-state index in [4.69, 9.17) is 0 Å². The van der Waals surface area contributed by atoms with Gasteiger partial charge in [0.2, 0.25) is 5.91 Å². The number of nitrogens with zero attached hydrogens (tertiary/aromatic N) is 7. The molecule has 4 rings (SSSR count). The second-order valence-corrected chi connectivity index (χ2v) is 6.00. The lowest BCUT2D eigenvalue weighted by Crippen LogP contribution is -2.41. The topological polar surface area (TPSA) is 81.7 Å². The molecule has 0 spiro atoms. The molecule has 0 N–H and O–H groups in total. The van der Waals surface area contributed by atoms with Gasteiger partial charge in [0.25, 0.3) is 0 Å². The Morgan fingerprint density at radius 1 is 1.28 bits per heavy atom. The van der Waals surface area contributed by atoms with Gasteiger partial charge in [-0.3, -0.25) is 9.36 Å². The van der Waals surface area contributed by atoms with E-state index < -0.39 is 6.04 Å². The van der Waals surface area contributed by atoms with Crippen LogP contribution in [0.2, 0.25) is 0 Å². The zero-order chi connectivity index (χ0) is 17.4. The lowest BCUT2D eigenvalue weighted by Gasteiger charge is -2.32. The molecule has 1 aromatic carbocycles. The average molecular weight is 341 g/mol. The van der Waals surface area contributed by atoms with Crippen LogP contribution in [0.5, 0.6) is 0 Å². The highest BCUT2D eigenvalue weighted by atomic mass is 19.1. The van der Waals surface area contributed by atoms with Gasteiger partial charge in [0.1, 0.15) is 31.1 Å². The van der Waals surface area contributed by atoms with Gasteiger partial charge in [-0.25, -0.2) is 14.1 Å². The predicted octanol–water partition coefficient (Wildman–Crippen LogP) is 1.16. The minimum Gasteiger partial charge on any atom is -0.329 e. The van der Waals surface area contributed by atoms with Gasteiger partial charge in [-0.05, 0) is 24.6 Å². The number of hydrogen-bond donors (Lipinski definition) is 0. The second-order valence-electron chi connectivity index (χ2n) is 6.00. The molecule has 0 radical (unpaired) electrons. The Morgan fingerprint density at radius 3 is 2.92 bits per heavy atom. The van der Waals surface area contributed by atoms with Gasteiger partial charge in [0, 0.05) is 6.54 Å². The summed E-state index contributed by atoms with van der Waals surface area (Å²) >= 11 is 0. The minimum absolute atomic E-state index is 0.0450. The van der Waals surface area contributed by atoms with Crippen LogP contribution in [0.25, 0.3) is 0 Å². The Hall–Kier alpha value is -3.10. The maximum atomic E-state index is 13.4. The number of amides is 1. The SMILES string of the molecule is C[C@H]1C(=O)N(Cc2cccc(F)c2)Cc2nnc(Cn3cncn3)n21. The molecule has 1 amide bonds. The van der Waals surface area contributed by atoms with E-state index in [1.54, 1.807) is 28.0 Å². The molecule has 3 aromatic rings. The van der Waals surface area contributed by atoms with Crippen LogP contribution >= 0.6 is 0 Å². The van der Waals surface area contributed by atoms with E-state index in [0.29, 0.717) is 31.3 Å². The zero-order valence-corrected chi connectivity index (χ0v) is 13.6. The highest BCUT2D eigenvalue weighted by molar-refractivity contribution is 5.81. The largest absolute Gasteiger partial charge is 0.329 e. The Bertz CT molecular complexity index is 905. The van der Waals surface area contributed by atoms with Crippen molar-refractivity contribution in [2.24, 2.45) is 0 Å². The summed E-state index contributed by atoms with van der Waals surface area (Å²) in [7, 11) is 0. The Labute approximate surface area is 142 Å². The summed E-state index contributed by atoms with van der Waals surface area (Å²) in [6.07, 6.45) is 3.04. The van der Waals surface area contributed by atoms with Gasteiger partial charge in [0.05, 0.1) is 6.54 Å². The fourth-order valence-corrected chi connectivity index (χ4v) is 3.10. The van der Waals surface area contributed by atoms with Gasteiger partial charge < -0.3 is 4.90 Å². The Kier molecular flexibility index (Phi) is 3.75. The summed E-state index contributed by atoms with van der Waals surface area (Å²) in [5.74, 6) is 1.01. The van der Waals surface area contributed by atoms with Crippen molar-refractivity contribution in [3.05, 3.63) is 59.9 Å². The van der Waals surface area contributed by atoms with Crippen LogP contribution in [-0.2, 0) is 24.4 Å². The van der Waals surface area contributed by atoms with Crippen LogP contribution in [0.3, 0.4) is 0 Å². The Morgan fingerprint density at radius 2 is 2.16 bits per heavy atom. The van der Waals surface area contributed by atoms with E-state index in [0.717, 1.165) is 5.56 Å². The molecule has 0 bridgehead atoms. The molecule has 1 aliphatic heterocycles. The molecule has 0 saturated heterocycles. The number of carbonyl (C=O) groups is 1. The van der Waals surface area contributed by atoms with Gasteiger partial charge >= 0.3 is 0 Å². The maximum Gasteiger partial charge on any atom is 0.246 e. The lowest BCUT2D eigenvalue weighted by atomic mass is 10.1. The summed E-state index contributed by atoms with van der Waals surface area (Å²) in [6, 6.07) is 5.84. The van der Waals surface area contributed by atoms with Crippen molar-refractivity contribution < 1.29 is 9.18 Å². The van der Waals surface area contributed by atoms with Gasteiger partial charge in [-0.2, -0.15) is 5.10 Å². The monoisotopic (exact) mass is 341 g/mol. The van der Waals surface area contributed by atoms with E-state index in [9.17, 15) is 9.18 Å². The minimum atomic E-state index is -0.425. The van der Waals surface area contributed by atoms with Crippen molar-refractivity contribution in [3.8, 4) is 0 Å². The van der Waals surface area contributed by atoms with Gasteiger partial charge in [0.15, 0.2) is 11.6 Å². The normalized spacial score (nSPS) is 17.0. The van der Waals surface area contributed by atoms with Crippen LogP contribution in [0.4, 0.5) is 4.39 Å². The van der Waals surface area contributed by atoms with E-state index in [2.05, 4.69) is 20.3 Å². The van der Waals surface area contributed by atoms with Crippen LogP contribution in [0.15, 0.2) is 36.9 Å². The number of hydrogen-bond acceptors (Lipinski definition) is 5. The summed E-state index contributed by atoms with van der Waals surface area (Å²) in [4.78, 5) is 18.3. The third kappa shape index (κ3) is 2.88. The molecule has 0 fully saturated rings. The molecular weight excluding hydrogens is 325 g/mol. The van der Waals surface area contributed by atoms with Crippen LogP contribution in [0, 0.1) is 5.82 Å². The lowest BCUT2D eigenvalue weighted by molar-refractivity contribution is -0.137. The fraction of sp³-hybridized carbons (Fsp3) is 0.312. The summed E-state index contributed by atoms with van der Waals surface area (Å²) in [5.41, 5.74) is 0.747. The molecule has 3 heterocycles. The number of carbonyl (C=O) groups excluding carboxylic acids is 1. The molecule has 128 valence electrons. The molecule has 25 heavy (non-hydrogen) atoms. The summed E-state index contributed by atoms with van der Waals surface area (Å²) < 4.78 is 16.8. The second kappa shape index (κ2) is 6.08. The highest BCUT2D eigenvalue weighted by Crippen LogP contribution is 2.24.